The highest BCUT2D eigenvalue weighted by Crippen LogP contribution is 2.41. The van der Waals surface area contributed by atoms with Crippen molar-refractivity contribution in [3.8, 4) is 0 Å². The van der Waals surface area contributed by atoms with Crippen LogP contribution in [-0.4, -0.2) is 30.1 Å². The maximum Gasteiger partial charge on any atom is 0.123 e. The van der Waals surface area contributed by atoms with Crippen molar-refractivity contribution in [2.75, 3.05) is 7.05 Å². The van der Waals surface area contributed by atoms with Crippen LogP contribution in [0.1, 0.15) is 44.2 Å². The van der Waals surface area contributed by atoms with Crippen molar-refractivity contribution < 1.29 is 4.39 Å². The van der Waals surface area contributed by atoms with Crippen molar-refractivity contribution in [3.05, 3.63) is 35.6 Å². The van der Waals surface area contributed by atoms with Gasteiger partial charge in [-0.05, 0) is 57.4 Å². The molecule has 19 heavy (non-hydrogen) atoms. The Labute approximate surface area is 115 Å². The van der Waals surface area contributed by atoms with Crippen molar-refractivity contribution in [1.82, 2.24) is 10.2 Å². The predicted molar refractivity (Wildman–Crippen MR) is 75.5 cm³/mol. The lowest BCUT2D eigenvalue weighted by Gasteiger charge is -2.42. The first-order valence-corrected chi connectivity index (χ1v) is 7.39. The van der Waals surface area contributed by atoms with E-state index in [2.05, 4.69) is 24.2 Å². The summed E-state index contributed by atoms with van der Waals surface area (Å²) >= 11 is 0. The highest BCUT2D eigenvalue weighted by molar-refractivity contribution is 5.20. The summed E-state index contributed by atoms with van der Waals surface area (Å²) in [6, 6.07) is 9.48. The Morgan fingerprint density at radius 3 is 2.26 bits per heavy atom. The van der Waals surface area contributed by atoms with Gasteiger partial charge >= 0.3 is 0 Å². The maximum atomic E-state index is 13.0. The minimum atomic E-state index is -0.146. The van der Waals surface area contributed by atoms with E-state index in [1.54, 1.807) is 12.1 Å². The summed E-state index contributed by atoms with van der Waals surface area (Å²) in [6.45, 7) is 2.26. The Hall–Kier alpha value is -0.930. The number of nitrogens with one attached hydrogen (secondary N) is 1. The van der Waals surface area contributed by atoms with E-state index in [0.717, 1.165) is 0 Å². The standard InChI is InChI=1S/C16H23FN2/c1-11(12-3-5-13(17)6-4-12)19-15-7-8-16(19)10-14(9-15)18-2/h3-6,11,14-16,18H,7-10H2,1-2H3. The monoisotopic (exact) mass is 262 g/mol. The molecule has 1 aromatic carbocycles. The fourth-order valence-electron chi connectivity index (χ4n) is 3.99. The van der Waals surface area contributed by atoms with Gasteiger partial charge in [0.05, 0.1) is 0 Å². The predicted octanol–water partition coefficient (Wildman–Crippen LogP) is 3.10. The summed E-state index contributed by atoms with van der Waals surface area (Å²) in [4.78, 5) is 2.67. The average Bonchev–Trinajstić information content (AvgIpc) is 2.69. The van der Waals surface area contributed by atoms with Crippen LogP contribution in [0.5, 0.6) is 0 Å². The molecule has 2 aliphatic rings. The number of halogens is 1. The third kappa shape index (κ3) is 2.41. The molecule has 0 radical (unpaired) electrons. The van der Waals surface area contributed by atoms with E-state index in [9.17, 15) is 4.39 Å². The van der Waals surface area contributed by atoms with Crippen LogP contribution in [0.25, 0.3) is 0 Å². The van der Waals surface area contributed by atoms with Gasteiger partial charge in [0.2, 0.25) is 0 Å². The van der Waals surface area contributed by atoms with Crippen LogP contribution in [0.15, 0.2) is 24.3 Å². The summed E-state index contributed by atoms with van der Waals surface area (Å²) < 4.78 is 13.0. The molecule has 2 nitrogen and oxygen atoms in total. The zero-order valence-corrected chi connectivity index (χ0v) is 11.8. The molecule has 2 saturated heterocycles. The fourth-order valence-corrected chi connectivity index (χ4v) is 3.99. The third-order valence-corrected chi connectivity index (χ3v) is 5.00. The molecule has 3 unspecified atom stereocenters. The smallest absolute Gasteiger partial charge is 0.123 e. The van der Waals surface area contributed by atoms with E-state index in [-0.39, 0.29) is 5.82 Å². The molecule has 0 saturated carbocycles. The van der Waals surface area contributed by atoms with Crippen molar-refractivity contribution in [1.29, 1.82) is 0 Å². The second kappa shape index (κ2) is 5.22. The van der Waals surface area contributed by atoms with E-state index in [0.29, 0.717) is 24.2 Å². The summed E-state index contributed by atoms with van der Waals surface area (Å²) in [6.07, 6.45) is 5.12. The molecule has 3 rings (SSSR count). The van der Waals surface area contributed by atoms with E-state index in [1.165, 1.54) is 31.2 Å². The lowest BCUT2D eigenvalue weighted by molar-refractivity contribution is 0.0788. The van der Waals surface area contributed by atoms with E-state index in [4.69, 9.17) is 0 Å². The van der Waals surface area contributed by atoms with Crippen LogP contribution in [-0.2, 0) is 0 Å². The van der Waals surface area contributed by atoms with Crippen LogP contribution < -0.4 is 5.32 Å². The quantitative estimate of drug-likeness (QED) is 0.900. The first-order valence-electron chi connectivity index (χ1n) is 7.39. The SMILES string of the molecule is CNC1CC2CCC(C1)N2C(C)c1ccc(F)cc1. The van der Waals surface area contributed by atoms with Gasteiger partial charge in [0, 0.05) is 24.2 Å². The number of piperidine rings is 1. The van der Waals surface area contributed by atoms with Crippen LogP contribution >= 0.6 is 0 Å². The van der Waals surface area contributed by atoms with Gasteiger partial charge in [0.15, 0.2) is 0 Å². The molecule has 0 amide bonds. The second-order valence-corrected chi connectivity index (χ2v) is 6.02. The minimum Gasteiger partial charge on any atom is -0.317 e. The Bertz CT molecular complexity index is 417. The third-order valence-electron chi connectivity index (χ3n) is 5.00. The van der Waals surface area contributed by atoms with Crippen molar-refractivity contribution in [2.45, 2.75) is 56.8 Å². The normalized spacial score (nSPS) is 32.5. The number of fused-ring (bicyclic) bond motifs is 2. The van der Waals surface area contributed by atoms with Crippen molar-refractivity contribution in [2.24, 2.45) is 0 Å². The lowest BCUT2D eigenvalue weighted by atomic mass is 9.94. The van der Waals surface area contributed by atoms with E-state index < -0.39 is 0 Å². The number of nitrogens with zero attached hydrogens (tertiary/aromatic N) is 1. The summed E-state index contributed by atoms with van der Waals surface area (Å²) in [5, 5.41) is 3.44. The molecule has 3 atom stereocenters. The Morgan fingerprint density at radius 1 is 1.16 bits per heavy atom. The summed E-state index contributed by atoms with van der Waals surface area (Å²) in [7, 11) is 2.07. The molecule has 2 aliphatic heterocycles. The lowest BCUT2D eigenvalue weighted by Crippen LogP contribution is -2.49. The van der Waals surface area contributed by atoms with Gasteiger partial charge in [0.25, 0.3) is 0 Å². The zero-order valence-electron chi connectivity index (χ0n) is 11.8. The van der Waals surface area contributed by atoms with Crippen molar-refractivity contribution in [3.63, 3.8) is 0 Å². The van der Waals surface area contributed by atoms with Crippen LogP contribution in [0, 0.1) is 5.82 Å². The molecule has 2 bridgehead atoms. The topological polar surface area (TPSA) is 15.3 Å². The first-order chi connectivity index (χ1) is 9.19. The molecule has 2 fully saturated rings. The van der Waals surface area contributed by atoms with Gasteiger partial charge in [-0.2, -0.15) is 0 Å². The molecule has 1 N–H and O–H groups in total. The number of hydrogen-bond donors (Lipinski definition) is 1. The number of benzene rings is 1. The van der Waals surface area contributed by atoms with E-state index in [1.807, 2.05) is 12.1 Å². The fraction of sp³-hybridized carbons (Fsp3) is 0.625. The number of rotatable bonds is 3. The van der Waals surface area contributed by atoms with Gasteiger partial charge in [-0.3, -0.25) is 4.90 Å². The molecule has 3 heteroatoms. The molecule has 104 valence electrons. The molecule has 1 aromatic rings. The summed E-state index contributed by atoms with van der Waals surface area (Å²) in [5.74, 6) is -0.146. The highest BCUT2D eigenvalue weighted by atomic mass is 19.1. The molecular weight excluding hydrogens is 239 g/mol. The Kier molecular flexibility index (Phi) is 3.59. The van der Waals surface area contributed by atoms with Crippen molar-refractivity contribution >= 4 is 0 Å². The molecule has 0 aliphatic carbocycles. The van der Waals surface area contributed by atoms with Gasteiger partial charge < -0.3 is 5.32 Å². The van der Waals surface area contributed by atoms with Crippen LogP contribution in [0.3, 0.4) is 0 Å². The van der Waals surface area contributed by atoms with Gasteiger partial charge in [-0.15, -0.1) is 0 Å². The van der Waals surface area contributed by atoms with Gasteiger partial charge in [-0.1, -0.05) is 12.1 Å². The first kappa shape index (κ1) is 13.1. The average molecular weight is 262 g/mol. The number of hydrogen-bond acceptors (Lipinski definition) is 2. The summed E-state index contributed by atoms with van der Waals surface area (Å²) in [5.41, 5.74) is 1.24. The largest absolute Gasteiger partial charge is 0.317 e. The Balaban J connectivity index is 1.77. The maximum absolute atomic E-state index is 13.0. The van der Waals surface area contributed by atoms with Gasteiger partial charge in [0.1, 0.15) is 5.82 Å². The van der Waals surface area contributed by atoms with Crippen LogP contribution in [0.2, 0.25) is 0 Å². The molecule has 2 heterocycles. The second-order valence-electron chi connectivity index (χ2n) is 6.02. The molecule has 0 spiro atoms. The van der Waals surface area contributed by atoms with Gasteiger partial charge in [-0.25, -0.2) is 4.39 Å². The van der Waals surface area contributed by atoms with Crippen LogP contribution in [0.4, 0.5) is 4.39 Å². The molecule has 0 aromatic heterocycles. The molecular formula is C16H23FN2. The zero-order chi connectivity index (χ0) is 13.4. The van der Waals surface area contributed by atoms with E-state index >= 15 is 0 Å². The highest BCUT2D eigenvalue weighted by Gasteiger charge is 2.42. The Morgan fingerprint density at radius 2 is 1.74 bits per heavy atom. The minimum absolute atomic E-state index is 0.146.